The summed E-state index contributed by atoms with van der Waals surface area (Å²) >= 11 is 0. The van der Waals surface area contributed by atoms with E-state index in [1.165, 1.54) is 6.92 Å². The van der Waals surface area contributed by atoms with Gasteiger partial charge in [0.2, 0.25) is 11.8 Å². The van der Waals surface area contributed by atoms with Crippen LogP contribution in [0.2, 0.25) is 0 Å². The van der Waals surface area contributed by atoms with E-state index in [1.807, 2.05) is 12.1 Å². The van der Waals surface area contributed by atoms with Crippen LogP contribution in [0.5, 0.6) is 0 Å². The van der Waals surface area contributed by atoms with Gasteiger partial charge in [0.1, 0.15) is 0 Å². The Balaban J connectivity index is 1.82. The number of anilines is 2. The Morgan fingerprint density at radius 2 is 2.05 bits per heavy atom. The smallest absolute Gasteiger partial charge is 0.224 e. The van der Waals surface area contributed by atoms with Crippen molar-refractivity contribution in [2.45, 2.75) is 26.2 Å². The maximum atomic E-state index is 11.9. The minimum absolute atomic E-state index is 0.0249. The third-order valence-electron chi connectivity index (χ3n) is 3.41. The van der Waals surface area contributed by atoms with E-state index in [9.17, 15) is 9.59 Å². The van der Waals surface area contributed by atoms with Crippen molar-refractivity contribution in [3.63, 3.8) is 0 Å². The Hall–Kier alpha value is -1.88. The first kappa shape index (κ1) is 14.5. The summed E-state index contributed by atoms with van der Waals surface area (Å²) in [7, 11) is 0. The molecule has 0 spiro atoms. The highest BCUT2D eigenvalue weighted by Gasteiger charge is 2.15. The number of rotatable bonds is 5. The molecule has 1 aliphatic heterocycles. The molecular weight excluding hydrogens is 254 g/mol. The van der Waals surface area contributed by atoms with Gasteiger partial charge in [0.05, 0.1) is 0 Å². The van der Waals surface area contributed by atoms with Crippen molar-refractivity contribution in [3.05, 3.63) is 24.3 Å². The van der Waals surface area contributed by atoms with E-state index in [1.54, 1.807) is 12.1 Å². The zero-order valence-electron chi connectivity index (χ0n) is 11.7. The summed E-state index contributed by atoms with van der Waals surface area (Å²) < 4.78 is 0. The summed E-state index contributed by atoms with van der Waals surface area (Å²) in [5.41, 5.74) is 1.40. The number of carbonyl (C=O) groups is 2. The van der Waals surface area contributed by atoms with E-state index in [4.69, 9.17) is 0 Å². The number of amides is 2. The lowest BCUT2D eigenvalue weighted by Gasteiger charge is -2.10. The van der Waals surface area contributed by atoms with Gasteiger partial charge >= 0.3 is 0 Å². The number of nitrogens with one attached hydrogen (secondary N) is 3. The summed E-state index contributed by atoms with van der Waals surface area (Å²) in [6, 6.07) is 7.18. The highest BCUT2D eigenvalue weighted by atomic mass is 16.2. The SMILES string of the molecule is CC(=O)Nc1cccc(NC(=O)CCC2CCNC2)c1. The molecule has 0 bridgehead atoms. The van der Waals surface area contributed by atoms with Crippen LogP contribution < -0.4 is 16.0 Å². The fourth-order valence-corrected chi connectivity index (χ4v) is 2.40. The minimum Gasteiger partial charge on any atom is -0.326 e. The molecule has 20 heavy (non-hydrogen) atoms. The molecule has 1 atom stereocenters. The van der Waals surface area contributed by atoms with Crippen LogP contribution >= 0.6 is 0 Å². The van der Waals surface area contributed by atoms with Crippen LogP contribution in [0.4, 0.5) is 11.4 Å². The average Bonchev–Trinajstić information content (AvgIpc) is 2.89. The number of hydrogen-bond acceptors (Lipinski definition) is 3. The maximum absolute atomic E-state index is 11.9. The first-order chi connectivity index (χ1) is 9.63. The molecule has 2 amide bonds. The van der Waals surface area contributed by atoms with Crippen molar-refractivity contribution in [1.29, 1.82) is 0 Å². The zero-order chi connectivity index (χ0) is 14.4. The fourth-order valence-electron chi connectivity index (χ4n) is 2.40. The minimum atomic E-state index is -0.123. The Bertz CT molecular complexity index is 482. The molecule has 3 N–H and O–H groups in total. The highest BCUT2D eigenvalue weighted by molar-refractivity contribution is 5.93. The van der Waals surface area contributed by atoms with Crippen molar-refractivity contribution in [2.75, 3.05) is 23.7 Å². The number of hydrogen-bond donors (Lipinski definition) is 3. The van der Waals surface area contributed by atoms with E-state index < -0.39 is 0 Å². The van der Waals surface area contributed by atoms with Crippen molar-refractivity contribution in [3.8, 4) is 0 Å². The van der Waals surface area contributed by atoms with Gasteiger partial charge in [0, 0.05) is 24.7 Å². The van der Waals surface area contributed by atoms with Crippen LogP contribution in [-0.2, 0) is 9.59 Å². The first-order valence-corrected chi connectivity index (χ1v) is 7.02. The molecule has 1 aromatic rings. The first-order valence-electron chi connectivity index (χ1n) is 7.02. The maximum Gasteiger partial charge on any atom is 0.224 e. The lowest BCUT2D eigenvalue weighted by Crippen LogP contribution is -2.15. The van der Waals surface area contributed by atoms with Crippen molar-refractivity contribution in [1.82, 2.24) is 5.32 Å². The van der Waals surface area contributed by atoms with Gasteiger partial charge in [-0.15, -0.1) is 0 Å². The third-order valence-corrected chi connectivity index (χ3v) is 3.41. The molecule has 0 aromatic heterocycles. The van der Waals surface area contributed by atoms with Gasteiger partial charge in [-0.05, 0) is 50.0 Å². The second kappa shape index (κ2) is 7.05. The van der Waals surface area contributed by atoms with Crippen LogP contribution in [0.15, 0.2) is 24.3 Å². The second-order valence-corrected chi connectivity index (χ2v) is 5.21. The fraction of sp³-hybridized carbons (Fsp3) is 0.467. The molecule has 5 heteroatoms. The summed E-state index contributed by atoms with van der Waals surface area (Å²) in [5.74, 6) is 0.519. The molecule has 0 saturated carbocycles. The van der Waals surface area contributed by atoms with E-state index in [2.05, 4.69) is 16.0 Å². The summed E-state index contributed by atoms with van der Waals surface area (Å²) in [4.78, 5) is 22.9. The summed E-state index contributed by atoms with van der Waals surface area (Å²) in [6.07, 6.45) is 2.62. The molecule has 1 fully saturated rings. The van der Waals surface area contributed by atoms with Crippen LogP contribution in [0.3, 0.4) is 0 Å². The van der Waals surface area contributed by atoms with Crippen LogP contribution in [-0.4, -0.2) is 24.9 Å². The lowest BCUT2D eigenvalue weighted by molar-refractivity contribution is -0.116. The Labute approximate surface area is 119 Å². The van der Waals surface area contributed by atoms with Gasteiger partial charge in [0.25, 0.3) is 0 Å². The monoisotopic (exact) mass is 275 g/mol. The molecule has 2 rings (SSSR count). The van der Waals surface area contributed by atoms with Crippen LogP contribution in [0.1, 0.15) is 26.2 Å². The zero-order valence-corrected chi connectivity index (χ0v) is 11.7. The lowest BCUT2D eigenvalue weighted by atomic mass is 10.0. The van der Waals surface area contributed by atoms with Gasteiger partial charge < -0.3 is 16.0 Å². The van der Waals surface area contributed by atoms with E-state index >= 15 is 0 Å². The van der Waals surface area contributed by atoms with Crippen LogP contribution in [0.25, 0.3) is 0 Å². The molecule has 1 saturated heterocycles. The topological polar surface area (TPSA) is 70.2 Å². The quantitative estimate of drug-likeness (QED) is 0.769. The summed E-state index contributed by atoms with van der Waals surface area (Å²) in [6.45, 7) is 3.54. The average molecular weight is 275 g/mol. The molecule has 0 aliphatic carbocycles. The predicted octanol–water partition coefficient (Wildman–Crippen LogP) is 1.97. The Morgan fingerprint density at radius 1 is 1.30 bits per heavy atom. The molecule has 1 unspecified atom stereocenters. The van der Waals surface area contributed by atoms with E-state index in [0.29, 0.717) is 23.7 Å². The van der Waals surface area contributed by atoms with Crippen LogP contribution in [0, 0.1) is 5.92 Å². The third kappa shape index (κ3) is 4.66. The Kier molecular flexibility index (Phi) is 5.12. The summed E-state index contributed by atoms with van der Waals surface area (Å²) in [5, 5.41) is 8.87. The molecular formula is C15H21N3O2. The largest absolute Gasteiger partial charge is 0.326 e. The van der Waals surface area contributed by atoms with Gasteiger partial charge in [-0.3, -0.25) is 9.59 Å². The second-order valence-electron chi connectivity index (χ2n) is 5.21. The van der Waals surface area contributed by atoms with Gasteiger partial charge in [-0.2, -0.15) is 0 Å². The molecule has 1 heterocycles. The molecule has 0 radical (unpaired) electrons. The van der Waals surface area contributed by atoms with Gasteiger partial charge in [0.15, 0.2) is 0 Å². The van der Waals surface area contributed by atoms with E-state index in [-0.39, 0.29) is 11.8 Å². The van der Waals surface area contributed by atoms with Crippen molar-refractivity contribution in [2.24, 2.45) is 5.92 Å². The Morgan fingerprint density at radius 3 is 2.70 bits per heavy atom. The number of carbonyl (C=O) groups excluding carboxylic acids is 2. The van der Waals surface area contributed by atoms with Crippen molar-refractivity contribution >= 4 is 23.2 Å². The standard InChI is InChI=1S/C15H21N3O2/c1-11(19)17-13-3-2-4-14(9-13)18-15(20)6-5-12-7-8-16-10-12/h2-4,9,12,16H,5-8,10H2,1H3,(H,17,19)(H,18,20). The van der Waals surface area contributed by atoms with Gasteiger partial charge in [-0.25, -0.2) is 0 Å². The molecule has 1 aromatic carbocycles. The molecule has 108 valence electrons. The predicted molar refractivity (Wildman–Crippen MR) is 79.6 cm³/mol. The molecule has 5 nitrogen and oxygen atoms in total. The highest BCUT2D eigenvalue weighted by Crippen LogP contribution is 2.17. The molecule has 1 aliphatic rings. The van der Waals surface area contributed by atoms with Gasteiger partial charge in [-0.1, -0.05) is 6.07 Å². The normalized spacial score (nSPS) is 17.8. The van der Waals surface area contributed by atoms with E-state index in [0.717, 1.165) is 25.9 Å². The van der Waals surface area contributed by atoms with Crippen molar-refractivity contribution < 1.29 is 9.59 Å². The number of benzene rings is 1.